The molecule has 0 heterocycles. The Morgan fingerprint density at radius 2 is 1.29 bits per heavy atom. The summed E-state index contributed by atoms with van der Waals surface area (Å²) < 4.78 is 0. The topological polar surface area (TPSA) is 98.7 Å². The van der Waals surface area contributed by atoms with E-state index in [-0.39, 0.29) is 11.5 Å². The molecule has 0 saturated carbocycles. The van der Waals surface area contributed by atoms with Crippen LogP contribution in [0.3, 0.4) is 0 Å². The Labute approximate surface area is 91.9 Å². The lowest BCUT2D eigenvalue weighted by molar-refractivity contribution is -0.142. The van der Waals surface area contributed by atoms with Crippen molar-refractivity contribution in [3.63, 3.8) is 0 Å². The summed E-state index contributed by atoms with van der Waals surface area (Å²) in [5.41, 5.74) is 4.69. The molecule has 0 aliphatic carbocycles. The second-order valence-electron chi connectivity index (χ2n) is 2.44. The second kappa shape index (κ2) is 6.93. The monoisotopic (exact) mass is 240 g/mol. The highest BCUT2D eigenvalue weighted by Gasteiger charge is 2.19. The van der Waals surface area contributed by atoms with E-state index in [0.717, 1.165) is 0 Å². The van der Waals surface area contributed by atoms with Crippen molar-refractivity contribution in [2.75, 3.05) is 11.5 Å². The molecule has 0 aliphatic heterocycles. The fourth-order valence-electron chi connectivity index (χ4n) is 0.572. The van der Waals surface area contributed by atoms with Gasteiger partial charge in [0.2, 0.25) is 0 Å². The van der Waals surface area contributed by atoms with Crippen molar-refractivity contribution in [2.45, 2.75) is 12.1 Å². The molecule has 0 aromatic heterocycles. The van der Waals surface area contributed by atoms with Crippen LogP contribution < -0.4 is 10.9 Å². The summed E-state index contributed by atoms with van der Waals surface area (Å²) in [7, 11) is 0. The lowest BCUT2D eigenvalue weighted by Crippen LogP contribution is -2.53. The first-order valence-electron chi connectivity index (χ1n) is 3.71. The third-order valence-corrected chi connectivity index (χ3v) is 2.12. The molecule has 0 amide bonds. The maximum Gasteiger partial charge on any atom is 0.322 e. The predicted octanol–water partition coefficient (Wildman–Crippen LogP) is -1.15. The van der Waals surface area contributed by atoms with Gasteiger partial charge in [0.1, 0.15) is 12.1 Å². The van der Waals surface area contributed by atoms with Crippen LogP contribution in [0.5, 0.6) is 0 Å². The van der Waals surface area contributed by atoms with Gasteiger partial charge in [-0.05, 0) is 0 Å². The molecule has 0 radical (unpaired) electrons. The van der Waals surface area contributed by atoms with Gasteiger partial charge in [-0.3, -0.25) is 9.59 Å². The van der Waals surface area contributed by atoms with Crippen LogP contribution in [0.15, 0.2) is 0 Å². The van der Waals surface area contributed by atoms with E-state index in [4.69, 9.17) is 10.2 Å². The minimum absolute atomic E-state index is 0.0568. The highest BCUT2D eigenvalue weighted by molar-refractivity contribution is 7.80. The quantitative estimate of drug-likeness (QED) is 0.248. The minimum Gasteiger partial charge on any atom is -0.480 e. The van der Waals surface area contributed by atoms with Crippen LogP contribution in [0, 0.1) is 0 Å². The summed E-state index contributed by atoms with van der Waals surface area (Å²) in [6.07, 6.45) is 0. The third kappa shape index (κ3) is 4.70. The van der Waals surface area contributed by atoms with Gasteiger partial charge in [0.15, 0.2) is 0 Å². The number of nitrogens with one attached hydrogen (secondary N) is 2. The summed E-state index contributed by atoms with van der Waals surface area (Å²) in [4.78, 5) is 21.0. The fraction of sp³-hybridized carbons (Fsp3) is 0.667. The average molecular weight is 240 g/mol. The number of carbonyl (C=O) groups is 2. The van der Waals surface area contributed by atoms with Gasteiger partial charge in [0, 0.05) is 11.5 Å². The lowest BCUT2D eigenvalue weighted by atomic mass is 10.3. The normalized spacial score (nSPS) is 14.7. The van der Waals surface area contributed by atoms with Crippen LogP contribution in [0.4, 0.5) is 0 Å². The number of rotatable bonds is 7. The fourth-order valence-corrected chi connectivity index (χ4v) is 1.07. The van der Waals surface area contributed by atoms with Gasteiger partial charge in [-0.1, -0.05) is 0 Å². The van der Waals surface area contributed by atoms with Crippen molar-refractivity contribution in [3.05, 3.63) is 0 Å². The first-order valence-corrected chi connectivity index (χ1v) is 4.97. The maximum atomic E-state index is 10.5. The Morgan fingerprint density at radius 3 is 1.43 bits per heavy atom. The van der Waals surface area contributed by atoms with Crippen LogP contribution in [-0.4, -0.2) is 45.7 Å². The number of aliphatic carboxylic acids is 2. The molecule has 0 fully saturated rings. The van der Waals surface area contributed by atoms with Gasteiger partial charge < -0.3 is 10.2 Å². The Hall–Kier alpha value is -0.440. The standard InChI is InChI=1S/C6H12N2O4S2/c9-5(10)3(1-13)7-8-4(2-14)6(11)12/h3-4,7-8,13-14H,1-2H2,(H,9,10)(H,11,12)/t3-,4-/m0/s1. The molecule has 0 rings (SSSR count). The van der Waals surface area contributed by atoms with E-state index in [0.29, 0.717) is 0 Å². The smallest absolute Gasteiger partial charge is 0.322 e. The summed E-state index contributed by atoms with van der Waals surface area (Å²) in [6.45, 7) is 0. The molecule has 0 bridgehead atoms. The van der Waals surface area contributed by atoms with Crippen molar-refractivity contribution in [1.82, 2.24) is 10.9 Å². The number of hydrogen-bond donors (Lipinski definition) is 6. The predicted molar refractivity (Wildman–Crippen MR) is 56.8 cm³/mol. The first-order chi connectivity index (χ1) is 6.52. The van der Waals surface area contributed by atoms with E-state index in [1.807, 2.05) is 0 Å². The van der Waals surface area contributed by atoms with Gasteiger partial charge >= 0.3 is 11.9 Å². The molecule has 4 N–H and O–H groups in total. The van der Waals surface area contributed by atoms with Crippen LogP contribution in [0.1, 0.15) is 0 Å². The largest absolute Gasteiger partial charge is 0.480 e. The van der Waals surface area contributed by atoms with Crippen LogP contribution >= 0.6 is 25.3 Å². The van der Waals surface area contributed by atoms with E-state index in [2.05, 4.69) is 36.1 Å². The van der Waals surface area contributed by atoms with Crippen molar-refractivity contribution in [1.29, 1.82) is 0 Å². The SMILES string of the molecule is O=C(O)[C@H](CS)NN[C@@H](CS)C(=O)O. The molecule has 0 saturated heterocycles. The number of thiol groups is 2. The zero-order chi connectivity index (χ0) is 11.1. The summed E-state index contributed by atoms with van der Waals surface area (Å²) in [5, 5.41) is 17.2. The molecular formula is C6H12N2O4S2. The Morgan fingerprint density at radius 1 is 1.00 bits per heavy atom. The maximum absolute atomic E-state index is 10.5. The highest BCUT2D eigenvalue weighted by atomic mass is 32.1. The zero-order valence-electron chi connectivity index (χ0n) is 7.17. The van der Waals surface area contributed by atoms with Crippen LogP contribution in [0.25, 0.3) is 0 Å². The molecule has 0 aromatic carbocycles. The van der Waals surface area contributed by atoms with Gasteiger partial charge in [0.05, 0.1) is 0 Å². The van der Waals surface area contributed by atoms with E-state index in [9.17, 15) is 9.59 Å². The van der Waals surface area contributed by atoms with Crippen molar-refractivity contribution in [2.24, 2.45) is 0 Å². The molecule has 0 aliphatic rings. The molecule has 82 valence electrons. The van der Waals surface area contributed by atoms with Crippen molar-refractivity contribution < 1.29 is 19.8 Å². The highest BCUT2D eigenvalue weighted by Crippen LogP contribution is 1.90. The molecule has 14 heavy (non-hydrogen) atoms. The first kappa shape index (κ1) is 13.6. The molecule has 0 aromatic rings. The van der Waals surface area contributed by atoms with Crippen molar-refractivity contribution in [3.8, 4) is 0 Å². The number of hydrazine groups is 1. The minimum atomic E-state index is -1.10. The molecule has 6 nitrogen and oxygen atoms in total. The van der Waals surface area contributed by atoms with E-state index in [1.54, 1.807) is 0 Å². The van der Waals surface area contributed by atoms with Crippen LogP contribution in [0.2, 0.25) is 0 Å². The number of carboxylic acid groups (broad SMARTS) is 2. The van der Waals surface area contributed by atoms with Crippen LogP contribution in [-0.2, 0) is 9.59 Å². The Bertz CT molecular complexity index is 192. The third-order valence-electron chi connectivity index (χ3n) is 1.39. The molecule has 0 spiro atoms. The summed E-state index contributed by atoms with van der Waals surface area (Å²) in [5.74, 6) is -2.09. The molecule has 2 atom stereocenters. The average Bonchev–Trinajstić information content (AvgIpc) is 2.11. The molecule has 8 heteroatoms. The number of hydrogen-bond acceptors (Lipinski definition) is 6. The second-order valence-corrected chi connectivity index (χ2v) is 3.17. The summed E-state index contributed by atoms with van der Waals surface area (Å²) in [6, 6.07) is -1.86. The Kier molecular flexibility index (Phi) is 6.71. The van der Waals surface area contributed by atoms with E-state index < -0.39 is 24.0 Å². The van der Waals surface area contributed by atoms with Gasteiger partial charge in [-0.25, -0.2) is 10.9 Å². The summed E-state index contributed by atoms with van der Waals surface area (Å²) >= 11 is 7.58. The zero-order valence-corrected chi connectivity index (χ0v) is 8.96. The van der Waals surface area contributed by atoms with Crippen molar-refractivity contribution >= 4 is 37.2 Å². The van der Waals surface area contributed by atoms with E-state index in [1.165, 1.54) is 0 Å². The number of carboxylic acids is 2. The molecular weight excluding hydrogens is 228 g/mol. The molecule has 0 unspecified atom stereocenters. The Balaban J connectivity index is 4.00. The van der Waals surface area contributed by atoms with Gasteiger partial charge in [-0.15, -0.1) is 0 Å². The van der Waals surface area contributed by atoms with Gasteiger partial charge in [-0.2, -0.15) is 25.3 Å². The van der Waals surface area contributed by atoms with E-state index >= 15 is 0 Å². The lowest BCUT2D eigenvalue weighted by Gasteiger charge is -2.16. The van der Waals surface area contributed by atoms with Gasteiger partial charge in [0.25, 0.3) is 0 Å².